The van der Waals surface area contributed by atoms with Crippen LogP contribution in [0.25, 0.3) is 11.1 Å². The van der Waals surface area contributed by atoms with Crippen LogP contribution in [0.2, 0.25) is 0 Å². The molecule has 0 radical (unpaired) electrons. The van der Waals surface area contributed by atoms with E-state index in [0.717, 1.165) is 18.2 Å². The highest BCUT2D eigenvalue weighted by Crippen LogP contribution is 2.30. The van der Waals surface area contributed by atoms with Gasteiger partial charge in [-0.1, -0.05) is 13.5 Å². The average Bonchev–Trinajstić information content (AvgIpc) is 2.55. The lowest BCUT2D eigenvalue weighted by molar-refractivity contribution is -0.134. The Balaban J connectivity index is 2.29. The molecule has 0 fully saturated rings. The van der Waals surface area contributed by atoms with E-state index < -0.39 is 23.6 Å². The van der Waals surface area contributed by atoms with Crippen molar-refractivity contribution < 1.29 is 27.8 Å². The minimum absolute atomic E-state index is 0.00889. The maximum absolute atomic E-state index is 14.2. The van der Waals surface area contributed by atoms with Gasteiger partial charge in [-0.15, -0.1) is 0 Å². The third-order valence-electron chi connectivity index (χ3n) is 3.08. The lowest BCUT2D eigenvalue weighted by atomic mass is 10.0. The van der Waals surface area contributed by atoms with E-state index in [0.29, 0.717) is 0 Å². The molecular formula is C18H14F2O4. The van der Waals surface area contributed by atoms with Gasteiger partial charge in [0.25, 0.3) is 0 Å². The number of ether oxygens (including phenoxy) is 2. The Morgan fingerprint density at radius 1 is 1.00 bits per heavy atom. The lowest BCUT2D eigenvalue weighted by Gasteiger charge is -2.09. The molecule has 0 aliphatic carbocycles. The van der Waals surface area contributed by atoms with E-state index in [-0.39, 0.29) is 29.0 Å². The summed E-state index contributed by atoms with van der Waals surface area (Å²) in [5.41, 5.74) is -0.0235. The van der Waals surface area contributed by atoms with E-state index >= 15 is 0 Å². The van der Waals surface area contributed by atoms with Gasteiger partial charge < -0.3 is 9.47 Å². The minimum atomic E-state index is -0.762. The molecule has 0 amide bonds. The van der Waals surface area contributed by atoms with E-state index in [1.165, 1.54) is 24.3 Å². The number of rotatable bonds is 5. The van der Waals surface area contributed by atoms with Gasteiger partial charge in [0.05, 0.1) is 0 Å². The average molecular weight is 332 g/mol. The molecule has 0 spiro atoms. The molecule has 0 aliphatic rings. The summed E-state index contributed by atoms with van der Waals surface area (Å²) in [7, 11) is 0. The standard InChI is InChI=1S/C18H14F2O4/c1-3-17(21)23-11-5-7-13(15(19)9-11)14-8-6-12(10-16(14)20)24-18(22)4-2/h3,5-10H,1,4H2,2H3. The molecule has 6 heteroatoms. The number of carbonyl (C=O) groups excluding carboxylic acids is 2. The maximum Gasteiger partial charge on any atom is 0.335 e. The Morgan fingerprint density at radius 3 is 1.92 bits per heavy atom. The number of hydrogen-bond donors (Lipinski definition) is 0. The van der Waals surface area contributed by atoms with Crippen LogP contribution in [-0.2, 0) is 9.59 Å². The summed E-state index contributed by atoms with van der Waals surface area (Å²) in [6.07, 6.45) is 1.10. The molecule has 2 rings (SSSR count). The van der Waals surface area contributed by atoms with Crippen molar-refractivity contribution in [1.29, 1.82) is 0 Å². The van der Waals surface area contributed by atoms with Crippen LogP contribution >= 0.6 is 0 Å². The first kappa shape index (κ1) is 17.3. The molecule has 0 unspecified atom stereocenters. The zero-order chi connectivity index (χ0) is 17.7. The molecule has 2 aromatic rings. The Hall–Kier alpha value is -3.02. The highest BCUT2D eigenvalue weighted by atomic mass is 19.1. The predicted molar refractivity (Wildman–Crippen MR) is 83.6 cm³/mol. The van der Waals surface area contributed by atoms with Crippen molar-refractivity contribution >= 4 is 11.9 Å². The van der Waals surface area contributed by atoms with Gasteiger partial charge in [-0.2, -0.15) is 0 Å². The number of benzene rings is 2. The van der Waals surface area contributed by atoms with Crippen molar-refractivity contribution in [3.05, 3.63) is 60.7 Å². The van der Waals surface area contributed by atoms with Crippen LogP contribution in [0, 0.1) is 11.6 Å². The van der Waals surface area contributed by atoms with Crippen molar-refractivity contribution in [2.75, 3.05) is 0 Å². The Kier molecular flexibility index (Phi) is 5.42. The van der Waals surface area contributed by atoms with Crippen LogP contribution in [0.3, 0.4) is 0 Å². The molecule has 24 heavy (non-hydrogen) atoms. The van der Waals surface area contributed by atoms with Gasteiger partial charge in [0.1, 0.15) is 23.1 Å². The molecule has 4 nitrogen and oxygen atoms in total. The molecule has 2 aromatic carbocycles. The summed E-state index contributed by atoms with van der Waals surface area (Å²) in [6, 6.07) is 7.29. The van der Waals surface area contributed by atoms with Crippen molar-refractivity contribution in [3.63, 3.8) is 0 Å². The molecule has 0 saturated heterocycles. The molecule has 0 bridgehead atoms. The van der Waals surface area contributed by atoms with Gasteiger partial charge in [0.15, 0.2) is 0 Å². The van der Waals surface area contributed by atoms with Crippen LogP contribution in [-0.4, -0.2) is 11.9 Å². The molecule has 124 valence electrons. The highest BCUT2D eigenvalue weighted by molar-refractivity contribution is 5.83. The van der Waals surface area contributed by atoms with Crippen LogP contribution in [0.1, 0.15) is 13.3 Å². The molecule has 0 aliphatic heterocycles. The summed E-state index contributed by atoms with van der Waals surface area (Å²) >= 11 is 0. The fourth-order valence-electron chi connectivity index (χ4n) is 1.92. The van der Waals surface area contributed by atoms with Gasteiger partial charge in [0, 0.05) is 35.8 Å². The van der Waals surface area contributed by atoms with Crippen LogP contribution in [0.5, 0.6) is 11.5 Å². The van der Waals surface area contributed by atoms with Crippen molar-refractivity contribution in [3.8, 4) is 22.6 Å². The predicted octanol–water partition coefficient (Wildman–Crippen LogP) is 4.04. The first-order valence-corrected chi connectivity index (χ1v) is 7.09. The normalized spacial score (nSPS) is 10.1. The Morgan fingerprint density at radius 2 is 1.50 bits per heavy atom. The van der Waals surface area contributed by atoms with Crippen molar-refractivity contribution in [1.82, 2.24) is 0 Å². The van der Waals surface area contributed by atoms with E-state index in [1.807, 2.05) is 0 Å². The van der Waals surface area contributed by atoms with Crippen LogP contribution in [0.4, 0.5) is 8.78 Å². The molecule has 0 saturated carbocycles. The number of esters is 2. The summed E-state index contributed by atoms with van der Waals surface area (Å²) in [5, 5.41) is 0. The molecule has 0 N–H and O–H groups in total. The quantitative estimate of drug-likeness (QED) is 0.471. The van der Waals surface area contributed by atoms with Crippen molar-refractivity contribution in [2.24, 2.45) is 0 Å². The first-order valence-electron chi connectivity index (χ1n) is 7.09. The van der Waals surface area contributed by atoms with Crippen LogP contribution in [0.15, 0.2) is 49.1 Å². The Labute approximate surface area is 137 Å². The summed E-state index contributed by atoms with van der Waals surface area (Å²) in [6.45, 7) is 4.85. The smallest absolute Gasteiger partial charge is 0.335 e. The number of carbonyl (C=O) groups is 2. The molecular weight excluding hydrogens is 318 g/mol. The van der Waals surface area contributed by atoms with Gasteiger partial charge in [-0.25, -0.2) is 13.6 Å². The zero-order valence-electron chi connectivity index (χ0n) is 12.8. The second-order valence-corrected chi connectivity index (χ2v) is 4.74. The largest absolute Gasteiger partial charge is 0.426 e. The summed E-state index contributed by atoms with van der Waals surface area (Å²) in [5.74, 6) is -2.71. The summed E-state index contributed by atoms with van der Waals surface area (Å²) < 4.78 is 38.0. The van der Waals surface area contributed by atoms with Gasteiger partial charge in [0.2, 0.25) is 0 Å². The second-order valence-electron chi connectivity index (χ2n) is 4.74. The minimum Gasteiger partial charge on any atom is -0.426 e. The molecule has 0 atom stereocenters. The van der Waals surface area contributed by atoms with Crippen molar-refractivity contribution in [2.45, 2.75) is 13.3 Å². The fourth-order valence-corrected chi connectivity index (χ4v) is 1.92. The Bertz CT molecular complexity index is 800. The van der Waals surface area contributed by atoms with E-state index in [4.69, 9.17) is 9.47 Å². The van der Waals surface area contributed by atoms with Gasteiger partial charge in [-0.05, 0) is 24.3 Å². The topological polar surface area (TPSA) is 52.6 Å². The first-order chi connectivity index (χ1) is 11.4. The van der Waals surface area contributed by atoms with E-state index in [9.17, 15) is 18.4 Å². The SMILES string of the molecule is C=CC(=O)Oc1ccc(-c2ccc(OC(=O)CC)cc2F)c(F)c1. The second kappa shape index (κ2) is 7.50. The third kappa shape index (κ3) is 4.04. The summed E-state index contributed by atoms with van der Waals surface area (Å²) in [4.78, 5) is 22.3. The number of halogens is 2. The fraction of sp³-hybridized carbons (Fsp3) is 0.111. The third-order valence-corrected chi connectivity index (χ3v) is 3.08. The monoisotopic (exact) mass is 332 g/mol. The van der Waals surface area contributed by atoms with E-state index in [1.54, 1.807) is 6.92 Å². The maximum atomic E-state index is 14.2. The van der Waals surface area contributed by atoms with Gasteiger partial charge >= 0.3 is 11.9 Å². The lowest BCUT2D eigenvalue weighted by Crippen LogP contribution is -2.06. The molecule has 0 aromatic heterocycles. The zero-order valence-corrected chi connectivity index (χ0v) is 12.8. The van der Waals surface area contributed by atoms with Crippen LogP contribution < -0.4 is 9.47 Å². The molecule has 0 heterocycles. The number of hydrogen-bond acceptors (Lipinski definition) is 4. The highest BCUT2D eigenvalue weighted by Gasteiger charge is 2.14. The van der Waals surface area contributed by atoms with Gasteiger partial charge in [-0.3, -0.25) is 4.79 Å². The van der Waals surface area contributed by atoms with E-state index in [2.05, 4.69) is 6.58 Å².